The summed E-state index contributed by atoms with van der Waals surface area (Å²) in [6.45, 7) is 0.232. The van der Waals surface area contributed by atoms with Crippen LogP contribution in [-0.4, -0.2) is 7.11 Å². The normalized spacial score (nSPS) is 10.2. The maximum Gasteiger partial charge on any atom is 0.128 e. The molecule has 0 aromatic heterocycles. The molecule has 0 unspecified atom stereocenters. The van der Waals surface area contributed by atoms with Crippen molar-refractivity contribution in [3.63, 3.8) is 0 Å². The second kappa shape index (κ2) is 5.49. The van der Waals surface area contributed by atoms with E-state index in [9.17, 15) is 8.78 Å². The lowest BCUT2D eigenvalue weighted by atomic mass is 10.2. The largest absolute Gasteiger partial charge is 0.497 e. The van der Waals surface area contributed by atoms with Crippen LogP contribution in [0.4, 0.5) is 14.5 Å². The molecule has 0 amide bonds. The summed E-state index contributed by atoms with van der Waals surface area (Å²) in [7, 11) is 1.59. The molecule has 18 heavy (non-hydrogen) atoms. The van der Waals surface area contributed by atoms with Gasteiger partial charge in [0.05, 0.1) is 7.11 Å². The molecule has 1 N–H and O–H groups in total. The van der Waals surface area contributed by atoms with Gasteiger partial charge in [-0.1, -0.05) is 0 Å². The number of nitrogens with one attached hydrogen (secondary N) is 1. The van der Waals surface area contributed by atoms with Crippen LogP contribution in [0.15, 0.2) is 42.5 Å². The summed E-state index contributed by atoms with van der Waals surface area (Å²) < 4.78 is 31.4. The Morgan fingerprint density at radius 1 is 1.06 bits per heavy atom. The van der Waals surface area contributed by atoms with Crippen molar-refractivity contribution in [2.45, 2.75) is 6.54 Å². The van der Waals surface area contributed by atoms with E-state index in [2.05, 4.69) is 5.32 Å². The number of ether oxygens (including phenoxy) is 1. The lowest BCUT2D eigenvalue weighted by Gasteiger charge is -2.08. The van der Waals surface area contributed by atoms with Crippen molar-refractivity contribution in [2.75, 3.05) is 12.4 Å². The minimum atomic E-state index is -0.442. The van der Waals surface area contributed by atoms with Gasteiger partial charge >= 0.3 is 0 Å². The van der Waals surface area contributed by atoms with Crippen LogP contribution >= 0.6 is 0 Å². The third-order valence-corrected chi connectivity index (χ3v) is 2.58. The lowest BCUT2D eigenvalue weighted by Crippen LogP contribution is -2.02. The molecular weight excluding hydrogens is 236 g/mol. The molecule has 0 bridgehead atoms. The van der Waals surface area contributed by atoms with Gasteiger partial charge in [0.25, 0.3) is 0 Å². The minimum absolute atomic E-state index is 0.232. The average molecular weight is 249 g/mol. The number of rotatable bonds is 4. The summed E-state index contributed by atoms with van der Waals surface area (Å²) in [5.41, 5.74) is 1.12. The van der Waals surface area contributed by atoms with Gasteiger partial charge in [0, 0.05) is 17.8 Å². The number of anilines is 1. The van der Waals surface area contributed by atoms with E-state index in [0.29, 0.717) is 5.56 Å². The SMILES string of the molecule is COc1ccc(NCc2cc(F)ccc2F)cc1. The third kappa shape index (κ3) is 2.97. The highest BCUT2D eigenvalue weighted by molar-refractivity contribution is 5.46. The van der Waals surface area contributed by atoms with Gasteiger partial charge in [0.2, 0.25) is 0 Å². The standard InChI is InChI=1S/C14H13F2NO/c1-18-13-5-3-12(4-6-13)17-9-10-8-11(15)2-7-14(10)16/h2-8,17H,9H2,1H3. The van der Waals surface area contributed by atoms with Gasteiger partial charge in [-0.2, -0.15) is 0 Å². The fourth-order valence-electron chi connectivity index (χ4n) is 1.58. The van der Waals surface area contributed by atoms with Crippen molar-refractivity contribution < 1.29 is 13.5 Å². The van der Waals surface area contributed by atoms with Crippen LogP contribution < -0.4 is 10.1 Å². The molecule has 0 heterocycles. The van der Waals surface area contributed by atoms with E-state index < -0.39 is 11.6 Å². The number of benzene rings is 2. The Balaban J connectivity index is 2.04. The highest BCUT2D eigenvalue weighted by atomic mass is 19.1. The summed E-state index contributed by atoms with van der Waals surface area (Å²) in [4.78, 5) is 0. The first kappa shape index (κ1) is 12.4. The highest BCUT2D eigenvalue weighted by Crippen LogP contribution is 2.17. The first-order valence-electron chi connectivity index (χ1n) is 5.51. The zero-order valence-corrected chi connectivity index (χ0v) is 9.91. The molecular formula is C14H13F2NO. The maximum atomic E-state index is 13.4. The number of hydrogen-bond donors (Lipinski definition) is 1. The average Bonchev–Trinajstić information content (AvgIpc) is 2.40. The van der Waals surface area contributed by atoms with Crippen molar-refractivity contribution in [3.05, 3.63) is 59.7 Å². The highest BCUT2D eigenvalue weighted by Gasteiger charge is 2.03. The third-order valence-electron chi connectivity index (χ3n) is 2.58. The molecule has 4 heteroatoms. The van der Waals surface area contributed by atoms with Gasteiger partial charge < -0.3 is 10.1 Å². The number of halogens is 2. The van der Waals surface area contributed by atoms with Gasteiger partial charge in [-0.25, -0.2) is 8.78 Å². The topological polar surface area (TPSA) is 21.3 Å². The van der Waals surface area contributed by atoms with Crippen molar-refractivity contribution in [3.8, 4) is 5.75 Å². The van der Waals surface area contributed by atoms with E-state index in [0.717, 1.165) is 23.6 Å². The van der Waals surface area contributed by atoms with Crippen molar-refractivity contribution in [1.29, 1.82) is 0 Å². The molecule has 2 rings (SSSR count). The summed E-state index contributed by atoms with van der Waals surface area (Å²) in [5.74, 6) is -0.113. The van der Waals surface area contributed by atoms with E-state index in [1.165, 1.54) is 6.07 Å². The number of hydrogen-bond acceptors (Lipinski definition) is 2. The molecule has 0 aliphatic heterocycles. The molecule has 0 saturated heterocycles. The monoisotopic (exact) mass is 249 g/mol. The first-order chi connectivity index (χ1) is 8.69. The van der Waals surface area contributed by atoms with Crippen LogP contribution in [0.2, 0.25) is 0 Å². The Labute approximate surface area is 104 Å². The fourth-order valence-corrected chi connectivity index (χ4v) is 1.58. The molecule has 0 fully saturated rings. The molecule has 0 aliphatic rings. The molecule has 0 atom stereocenters. The quantitative estimate of drug-likeness (QED) is 0.894. The Kier molecular flexibility index (Phi) is 3.77. The van der Waals surface area contributed by atoms with Crippen LogP contribution in [0.5, 0.6) is 5.75 Å². The summed E-state index contributed by atoms with van der Waals surface area (Å²) in [6.07, 6.45) is 0. The minimum Gasteiger partial charge on any atom is -0.497 e. The van der Waals surface area contributed by atoms with Crippen LogP contribution in [-0.2, 0) is 6.54 Å². The van der Waals surface area contributed by atoms with Gasteiger partial charge in [-0.05, 0) is 42.5 Å². The zero-order chi connectivity index (χ0) is 13.0. The molecule has 0 spiro atoms. The van der Waals surface area contributed by atoms with E-state index >= 15 is 0 Å². The Bertz CT molecular complexity index is 526. The zero-order valence-electron chi connectivity index (χ0n) is 9.91. The van der Waals surface area contributed by atoms with Crippen LogP contribution in [0.25, 0.3) is 0 Å². The van der Waals surface area contributed by atoms with E-state index in [1.54, 1.807) is 19.2 Å². The smallest absolute Gasteiger partial charge is 0.128 e. The van der Waals surface area contributed by atoms with Crippen LogP contribution in [0.3, 0.4) is 0 Å². The van der Waals surface area contributed by atoms with Gasteiger partial charge in [-0.15, -0.1) is 0 Å². The Morgan fingerprint density at radius 2 is 1.78 bits per heavy atom. The first-order valence-corrected chi connectivity index (χ1v) is 5.51. The van der Waals surface area contributed by atoms with Crippen molar-refractivity contribution in [1.82, 2.24) is 0 Å². The lowest BCUT2D eigenvalue weighted by molar-refractivity contribution is 0.415. The molecule has 2 aromatic rings. The molecule has 2 nitrogen and oxygen atoms in total. The Morgan fingerprint density at radius 3 is 2.44 bits per heavy atom. The number of methoxy groups -OCH3 is 1. The Hall–Kier alpha value is -2.10. The van der Waals surface area contributed by atoms with Crippen molar-refractivity contribution >= 4 is 5.69 Å². The summed E-state index contributed by atoms with van der Waals surface area (Å²) in [6, 6.07) is 10.6. The fraction of sp³-hybridized carbons (Fsp3) is 0.143. The predicted molar refractivity (Wildman–Crippen MR) is 66.7 cm³/mol. The molecule has 0 saturated carbocycles. The maximum absolute atomic E-state index is 13.4. The predicted octanol–water partition coefficient (Wildman–Crippen LogP) is 3.59. The van der Waals surface area contributed by atoms with Crippen LogP contribution in [0.1, 0.15) is 5.56 Å². The van der Waals surface area contributed by atoms with E-state index in [1.807, 2.05) is 12.1 Å². The molecule has 0 radical (unpaired) electrons. The van der Waals surface area contributed by atoms with Gasteiger partial charge in [0.1, 0.15) is 17.4 Å². The summed E-state index contributed by atoms with van der Waals surface area (Å²) >= 11 is 0. The second-order valence-electron chi connectivity index (χ2n) is 3.82. The van der Waals surface area contributed by atoms with Crippen molar-refractivity contribution in [2.24, 2.45) is 0 Å². The van der Waals surface area contributed by atoms with E-state index in [4.69, 9.17) is 4.74 Å². The van der Waals surface area contributed by atoms with Crippen LogP contribution in [0, 0.1) is 11.6 Å². The second-order valence-corrected chi connectivity index (χ2v) is 3.82. The van der Waals surface area contributed by atoms with E-state index in [-0.39, 0.29) is 6.54 Å². The van der Waals surface area contributed by atoms with Gasteiger partial charge in [-0.3, -0.25) is 0 Å². The molecule has 0 aliphatic carbocycles. The van der Waals surface area contributed by atoms with Gasteiger partial charge in [0.15, 0.2) is 0 Å². The molecule has 94 valence electrons. The molecule has 2 aromatic carbocycles. The summed E-state index contributed by atoms with van der Waals surface area (Å²) in [5, 5.41) is 3.02.